The molecule has 2 N–H and O–H groups in total. The Morgan fingerprint density at radius 3 is 2.41 bits per heavy atom. The summed E-state index contributed by atoms with van der Waals surface area (Å²) in [5.41, 5.74) is -3.30. The number of rotatable bonds is 3. The van der Waals surface area contributed by atoms with E-state index in [-0.39, 0.29) is 22.8 Å². The molecule has 0 aliphatic carbocycles. The lowest BCUT2D eigenvalue weighted by molar-refractivity contribution is -0.140. The van der Waals surface area contributed by atoms with E-state index >= 15 is 0 Å². The van der Waals surface area contributed by atoms with Gasteiger partial charge in [-0.3, -0.25) is 0 Å². The number of phenolic OH excluding ortho intramolecular Hbond substituents is 1. The van der Waals surface area contributed by atoms with Gasteiger partial charge < -0.3 is 15.1 Å². The number of nitrogens with zero attached hydrogens (tertiary/aromatic N) is 5. The van der Waals surface area contributed by atoms with Crippen LogP contribution in [-0.2, 0) is 13.2 Å². The number of benzene rings is 1. The van der Waals surface area contributed by atoms with Gasteiger partial charge in [0.25, 0.3) is 0 Å². The van der Waals surface area contributed by atoms with Gasteiger partial charge in [-0.05, 0) is 25.3 Å². The Labute approximate surface area is 179 Å². The highest BCUT2D eigenvalue weighted by atomic mass is 19.4. The third-order valence-electron chi connectivity index (χ3n) is 5.94. The van der Waals surface area contributed by atoms with Crippen molar-refractivity contribution in [3.8, 4) is 17.0 Å². The normalized spacial score (nSPS) is 16.7. The SMILES string of the molecule is CCC1(O)CCN(c2ncc3c(-c4cc(C(F)(F)F)c(F)c(O)c4F)nn(C)c3n2)CC1. The van der Waals surface area contributed by atoms with Crippen molar-refractivity contribution in [3.63, 3.8) is 0 Å². The lowest BCUT2D eigenvalue weighted by Gasteiger charge is -2.37. The molecule has 1 fully saturated rings. The molecule has 1 aliphatic heterocycles. The van der Waals surface area contributed by atoms with E-state index in [0.717, 1.165) is 0 Å². The number of aryl methyl sites for hydroxylation is 1. The first-order valence-corrected chi connectivity index (χ1v) is 9.91. The van der Waals surface area contributed by atoms with Crippen molar-refractivity contribution in [1.82, 2.24) is 19.7 Å². The maximum atomic E-state index is 14.6. The molecule has 1 aromatic carbocycles. The average molecular weight is 457 g/mol. The smallest absolute Gasteiger partial charge is 0.419 e. The van der Waals surface area contributed by atoms with Crippen molar-refractivity contribution in [1.29, 1.82) is 0 Å². The predicted molar refractivity (Wildman–Crippen MR) is 105 cm³/mol. The lowest BCUT2D eigenvalue weighted by Crippen LogP contribution is -2.44. The molecule has 3 aromatic rings. The van der Waals surface area contributed by atoms with E-state index in [1.807, 2.05) is 11.8 Å². The molecule has 172 valence electrons. The van der Waals surface area contributed by atoms with Gasteiger partial charge in [-0.25, -0.2) is 18.4 Å². The molecule has 7 nitrogen and oxygen atoms in total. The van der Waals surface area contributed by atoms with E-state index in [0.29, 0.717) is 38.3 Å². The summed E-state index contributed by atoms with van der Waals surface area (Å²) in [4.78, 5) is 10.5. The topological polar surface area (TPSA) is 87.3 Å². The summed E-state index contributed by atoms with van der Waals surface area (Å²) >= 11 is 0. The Morgan fingerprint density at radius 1 is 1.16 bits per heavy atom. The number of anilines is 1. The van der Waals surface area contributed by atoms with Gasteiger partial charge in [0.05, 0.1) is 16.6 Å². The van der Waals surface area contributed by atoms with E-state index in [4.69, 9.17) is 0 Å². The zero-order valence-corrected chi connectivity index (χ0v) is 17.2. The summed E-state index contributed by atoms with van der Waals surface area (Å²) in [6.45, 7) is 2.93. The molecule has 12 heteroatoms. The number of aromatic nitrogens is 4. The summed E-state index contributed by atoms with van der Waals surface area (Å²) in [5.74, 6) is -5.05. The van der Waals surface area contributed by atoms with Crippen LogP contribution in [-0.4, -0.2) is 48.7 Å². The number of piperidine rings is 1. The number of fused-ring (bicyclic) bond motifs is 1. The van der Waals surface area contributed by atoms with Crippen LogP contribution in [0.25, 0.3) is 22.3 Å². The highest BCUT2D eigenvalue weighted by Crippen LogP contribution is 2.41. The van der Waals surface area contributed by atoms with Gasteiger partial charge in [0.1, 0.15) is 5.69 Å². The van der Waals surface area contributed by atoms with Gasteiger partial charge in [0, 0.05) is 31.9 Å². The Balaban J connectivity index is 1.78. The average Bonchev–Trinajstić information content (AvgIpc) is 3.07. The molecule has 0 amide bonds. The summed E-state index contributed by atoms with van der Waals surface area (Å²) < 4.78 is 69.1. The molecule has 2 aromatic heterocycles. The minimum atomic E-state index is -5.15. The number of halogens is 5. The maximum Gasteiger partial charge on any atom is 0.419 e. The number of aromatic hydroxyl groups is 1. The quantitative estimate of drug-likeness (QED) is 0.583. The van der Waals surface area contributed by atoms with Gasteiger partial charge in [-0.1, -0.05) is 6.92 Å². The number of hydrogen-bond donors (Lipinski definition) is 2. The van der Waals surface area contributed by atoms with Crippen LogP contribution in [0.5, 0.6) is 5.75 Å². The number of hydrogen-bond acceptors (Lipinski definition) is 6. The molecule has 0 unspecified atom stereocenters. The standard InChI is InChI=1S/C20H20F5N5O2/c1-3-19(32)4-6-30(7-5-19)18-26-9-11-15(28-29(2)17(11)27-18)10-8-12(20(23,24)25)14(22)16(31)13(10)21/h8-9,31-32H,3-7H2,1-2H3. The van der Waals surface area contributed by atoms with Crippen molar-refractivity contribution in [3.05, 3.63) is 29.5 Å². The Kier molecular flexibility index (Phi) is 5.23. The molecule has 0 spiro atoms. The van der Waals surface area contributed by atoms with Gasteiger partial charge in [-0.2, -0.15) is 23.3 Å². The van der Waals surface area contributed by atoms with E-state index < -0.39 is 40.3 Å². The van der Waals surface area contributed by atoms with Gasteiger partial charge in [-0.15, -0.1) is 0 Å². The van der Waals surface area contributed by atoms with Gasteiger partial charge in [0.2, 0.25) is 5.95 Å². The van der Waals surface area contributed by atoms with Crippen LogP contribution in [0.4, 0.5) is 27.9 Å². The first-order valence-electron chi connectivity index (χ1n) is 9.91. The van der Waals surface area contributed by atoms with Crippen molar-refractivity contribution in [2.45, 2.75) is 38.0 Å². The van der Waals surface area contributed by atoms with E-state index in [9.17, 15) is 32.2 Å². The molecule has 0 radical (unpaired) electrons. The maximum absolute atomic E-state index is 14.6. The van der Waals surface area contributed by atoms with Crippen LogP contribution < -0.4 is 4.90 Å². The molecular weight excluding hydrogens is 437 g/mol. The van der Waals surface area contributed by atoms with Crippen LogP contribution in [0.2, 0.25) is 0 Å². The first kappa shape index (κ1) is 22.2. The van der Waals surface area contributed by atoms with Crippen LogP contribution in [0, 0.1) is 11.6 Å². The lowest BCUT2D eigenvalue weighted by atomic mass is 9.89. The van der Waals surface area contributed by atoms with Crippen LogP contribution in [0.15, 0.2) is 12.3 Å². The molecule has 4 rings (SSSR count). The fourth-order valence-corrected chi connectivity index (χ4v) is 3.86. The number of alkyl halides is 3. The molecule has 0 bridgehead atoms. The second-order valence-electron chi connectivity index (χ2n) is 7.89. The molecule has 1 saturated heterocycles. The fraction of sp³-hybridized carbons (Fsp3) is 0.450. The first-order chi connectivity index (χ1) is 14.9. The minimum absolute atomic E-state index is 0.136. The van der Waals surface area contributed by atoms with Crippen molar-refractivity contribution >= 4 is 17.0 Å². The highest BCUT2D eigenvalue weighted by molar-refractivity contribution is 5.91. The molecule has 3 heterocycles. The molecule has 32 heavy (non-hydrogen) atoms. The van der Waals surface area contributed by atoms with Crippen molar-refractivity contribution in [2.75, 3.05) is 18.0 Å². The highest BCUT2D eigenvalue weighted by Gasteiger charge is 2.38. The molecule has 0 atom stereocenters. The monoisotopic (exact) mass is 457 g/mol. The van der Waals surface area contributed by atoms with Crippen LogP contribution >= 0.6 is 0 Å². The third kappa shape index (κ3) is 3.61. The van der Waals surface area contributed by atoms with Crippen molar-refractivity contribution in [2.24, 2.45) is 7.05 Å². The zero-order chi connectivity index (χ0) is 23.4. The summed E-state index contributed by atoms with van der Waals surface area (Å²) in [6, 6.07) is 0.274. The third-order valence-corrected chi connectivity index (χ3v) is 5.94. The summed E-state index contributed by atoms with van der Waals surface area (Å²) in [6.07, 6.45) is -2.16. The van der Waals surface area contributed by atoms with E-state index in [1.54, 1.807) is 0 Å². The largest absolute Gasteiger partial charge is 0.503 e. The number of aliphatic hydroxyl groups is 1. The molecule has 0 saturated carbocycles. The zero-order valence-electron chi connectivity index (χ0n) is 17.2. The fourth-order valence-electron chi connectivity index (χ4n) is 3.86. The van der Waals surface area contributed by atoms with Crippen LogP contribution in [0.3, 0.4) is 0 Å². The Morgan fingerprint density at radius 2 is 1.81 bits per heavy atom. The number of phenols is 1. The van der Waals surface area contributed by atoms with Gasteiger partial charge >= 0.3 is 6.18 Å². The van der Waals surface area contributed by atoms with E-state index in [1.165, 1.54) is 17.9 Å². The van der Waals surface area contributed by atoms with Crippen LogP contribution in [0.1, 0.15) is 31.7 Å². The Hall–Kier alpha value is -3.02. The van der Waals surface area contributed by atoms with E-state index in [2.05, 4.69) is 15.1 Å². The summed E-state index contributed by atoms with van der Waals surface area (Å²) in [7, 11) is 1.47. The minimum Gasteiger partial charge on any atom is -0.503 e. The second kappa shape index (κ2) is 7.54. The Bertz CT molecular complexity index is 1190. The second-order valence-corrected chi connectivity index (χ2v) is 7.89. The van der Waals surface area contributed by atoms with Gasteiger partial charge in [0.15, 0.2) is 23.0 Å². The molecule has 1 aliphatic rings. The van der Waals surface area contributed by atoms with Crippen molar-refractivity contribution < 1.29 is 32.2 Å². The predicted octanol–water partition coefficient (Wildman–Crippen LogP) is 3.77. The molecular formula is C20H20F5N5O2. The summed E-state index contributed by atoms with van der Waals surface area (Å²) in [5, 5.41) is 24.2.